The van der Waals surface area contributed by atoms with E-state index in [0.29, 0.717) is 16.5 Å². The molecule has 240 valence electrons. The second kappa shape index (κ2) is 14.9. The molecule has 0 spiro atoms. The summed E-state index contributed by atoms with van der Waals surface area (Å²) in [5.41, 5.74) is 2.76. The molecule has 10 nitrogen and oxygen atoms in total. The Kier molecular flexibility index (Phi) is 11.0. The number of nitrogens with zero attached hydrogens (tertiary/aromatic N) is 2. The minimum Gasteiger partial charge on any atom is -0.361 e. The lowest BCUT2D eigenvalue weighted by atomic mass is 10.0. The predicted octanol–water partition coefficient (Wildman–Crippen LogP) is 3.05. The second-order valence-electron chi connectivity index (χ2n) is 10.9. The van der Waals surface area contributed by atoms with E-state index in [9.17, 15) is 32.3 Å². The van der Waals surface area contributed by atoms with Crippen LogP contribution in [0.15, 0.2) is 59.7 Å². The van der Waals surface area contributed by atoms with Gasteiger partial charge < -0.3 is 25.8 Å². The summed E-state index contributed by atoms with van der Waals surface area (Å²) in [5, 5.41) is 7.78. The van der Waals surface area contributed by atoms with Gasteiger partial charge in [0.15, 0.2) is 0 Å². The number of carbonyl (C=O) groups is 4. The number of amides is 3. The third kappa shape index (κ3) is 8.70. The van der Waals surface area contributed by atoms with Crippen LogP contribution in [0.2, 0.25) is 0 Å². The van der Waals surface area contributed by atoms with Gasteiger partial charge in [-0.3, -0.25) is 24.2 Å². The number of nitrogens with one attached hydrogen (secondary N) is 4. The van der Waals surface area contributed by atoms with Crippen molar-refractivity contribution in [2.45, 2.75) is 57.3 Å². The standard InChI is InChI=1S/C32H37F3N6O4/c1-3-27(42)40-26(16-20-10-12-21(13-11-20)30(36-2)41-14-6-7-15-41)31(45)38-19-28(43)39-25(29(44)32(33,34)35)17-22-18-37-24-9-5-4-8-23(22)24/h4-5,8-13,18,25-26,37H,3,6-7,14-17,19H2,1-2H3,(H,38,45)(H,39,43)(H,40,42). The largest absolute Gasteiger partial charge is 0.452 e. The highest BCUT2D eigenvalue weighted by Gasteiger charge is 2.44. The highest BCUT2D eigenvalue weighted by Crippen LogP contribution is 2.23. The van der Waals surface area contributed by atoms with E-state index in [0.717, 1.165) is 42.9 Å². The van der Waals surface area contributed by atoms with E-state index in [-0.39, 0.29) is 18.7 Å². The van der Waals surface area contributed by atoms with Gasteiger partial charge in [-0.15, -0.1) is 0 Å². The molecule has 4 N–H and O–H groups in total. The van der Waals surface area contributed by atoms with Crippen LogP contribution in [-0.4, -0.2) is 84.2 Å². The van der Waals surface area contributed by atoms with Gasteiger partial charge in [-0.2, -0.15) is 13.2 Å². The first-order chi connectivity index (χ1) is 21.5. The van der Waals surface area contributed by atoms with Crippen molar-refractivity contribution < 1.29 is 32.3 Å². The smallest absolute Gasteiger partial charge is 0.361 e. The number of aliphatic imine (C=N–C) groups is 1. The minimum atomic E-state index is -5.18. The lowest BCUT2D eigenvalue weighted by molar-refractivity contribution is -0.173. The zero-order chi connectivity index (χ0) is 32.6. The Bertz CT molecular complexity index is 1540. The molecule has 1 fully saturated rings. The van der Waals surface area contributed by atoms with E-state index in [1.807, 2.05) is 24.3 Å². The first-order valence-corrected chi connectivity index (χ1v) is 14.8. The Labute approximate surface area is 258 Å². The first kappa shape index (κ1) is 33.2. The summed E-state index contributed by atoms with van der Waals surface area (Å²) in [6.07, 6.45) is -1.67. The van der Waals surface area contributed by atoms with Gasteiger partial charge in [0.2, 0.25) is 17.7 Å². The summed E-state index contributed by atoms with van der Waals surface area (Å²) in [6, 6.07) is 11.4. The number of rotatable bonds is 12. The van der Waals surface area contributed by atoms with Crippen LogP contribution in [0.25, 0.3) is 10.9 Å². The van der Waals surface area contributed by atoms with Crippen molar-refractivity contribution in [3.63, 3.8) is 0 Å². The number of amidine groups is 1. The zero-order valence-electron chi connectivity index (χ0n) is 25.2. The normalized spacial score (nSPS) is 15.0. The molecule has 2 unspecified atom stereocenters. The SMILES string of the molecule is CCC(=O)NC(Cc1ccc(C(=NC)N2CCCC2)cc1)C(=O)NCC(=O)NC(Cc1c[nH]c2ccccc12)C(=O)C(F)(F)F. The van der Waals surface area contributed by atoms with Crippen LogP contribution in [0.3, 0.4) is 0 Å². The number of benzene rings is 2. The van der Waals surface area contributed by atoms with Crippen LogP contribution in [0.5, 0.6) is 0 Å². The molecule has 3 amide bonds. The molecular weight excluding hydrogens is 589 g/mol. The predicted molar refractivity (Wildman–Crippen MR) is 164 cm³/mol. The minimum absolute atomic E-state index is 0.109. The molecule has 2 atom stereocenters. The van der Waals surface area contributed by atoms with E-state index in [2.05, 4.69) is 30.8 Å². The molecular formula is C32H37F3N6O4. The van der Waals surface area contributed by atoms with Crippen LogP contribution in [0.4, 0.5) is 13.2 Å². The summed E-state index contributed by atoms with van der Waals surface area (Å²) in [4.78, 5) is 59.8. The number of alkyl halides is 3. The van der Waals surface area contributed by atoms with Gasteiger partial charge in [0.05, 0.1) is 6.54 Å². The molecule has 2 heterocycles. The molecule has 4 rings (SSSR count). The third-order valence-electron chi connectivity index (χ3n) is 7.70. The van der Waals surface area contributed by atoms with Crippen LogP contribution in [0.1, 0.15) is 42.9 Å². The number of ketones is 1. The van der Waals surface area contributed by atoms with Crippen LogP contribution in [0, 0.1) is 0 Å². The second-order valence-corrected chi connectivity index (χ2v) is 10.9. The Morgan fingerprint density at radius 2 is 1.60 bits per heavy atom. The molecule has 1 aliphatic heterocycles. The van der Waals surface area contributed by atoms with Crippen LogP contribution in [-0.2, 0) is 32.0 Å². The Morgan fingerprint density at radius 3 is 2.24 bits per heavy atom. The van der Waals surface area contributed by atoms with E-state index < -0.39 is 48.8 Å². The van der Waals surface area contributed by atoms with E-state index in [1.54, 1.807) is 38.2 Å². The molecule has 45 heavy (non-hydrogen) atoms. The first-order valence-electron chi connectivity index (χ1n) is 14.8. The zero-order valence-corrected chi connectivity index (χ0v) is 25.2. The summed E-state index contributed by atoms with van der Waals surface area (Å²) in [5.74, 6) is -3.29. The molecule has 1 aromatic heterocycles. The number of H-pyrrole nitrogens is 1. The maximum atomic E-state index is 13.4. The number of aromatic amines is 1. The summed E-state index contributed by atoms with van der Waals surface area (Å²) < 4.78 is 40.2. The molecule has 2 aromatic carbocycles. The van der Waals surface area contributed by atoms with Gasteiger partial charge >= 0.3 is 6.18 Å². The summed E-state index contributed by atoms with van der Waals surface area (Å²) in [6.45, 7) is 2.79. The lowest BCUT2D eigenvalue weighted by Gasteiger charge is -2.21. The highest BCUT2D eigenvalue weighted by atomic mass is 19.4. The van der Waals surface area contributed by atoms with Crippen molar-refractivity contribution in [1.82, 2.24) is 25.8 Å². The number of hydrogen-bond donors (Lipinski definition) is 4. The maximum Gasteiger partial charge on any atom is 0.452 e. The average molecular weight is 627 g/mol. The quantitative estimate of drug-likeness (QED) is 0.181. The average Bonchev–Trinajstić information content (AvgIpc) is 3.70. The molecule has 0 saturated carbocycles. The number of para-hydroxylation sites is 1. The van der Waals surface area contributed by atoms with E-state index >= 15 is 0 Å². The Morgan fingerprint density at radius 1 is 0.933 bits per heavy atom. The van der Waals surface area contributed by atoms with Gasteiger partial charge in [-0.25, -0.2) is 0 Å². The third-order valence-corrected chi connectivity index (χ3v) is 7.70. The topological polar surface area (TPSA) is 136 Å². The number of halogens is 3. The van der Waals surface area contributed by atoms with Gasteiger partial charge in [0, 0.05) is 62.1 Å². The van der Waals surface area contributed by atoms with Gasteiger partial charge in [-0.05, 0) is 30.0 Å². The molecule has 0 bridgehead atoms. The number of likely N-dealkylation sites (tertiary alicyclic amines) is 1. The van der Waals surface area contributed by atoms with Crippen molar-refractivity contribution in [2.75, 3.05) is 26.7 Å². The number of Topliss-reactive ketones (excluding diaryl/α,β-unsaturated/α-hetero) is 1. The van der Waals surface area contributed by atoms with Crippen molar-refractivity contribution >= 4 is 40.2 Å². The molecule has 3 aromatic rings. The monoisotopic (exact) mass is 626 g/mol. The number of fused-ring (bicyclic) bond motifs is 1. The van der Waals surface area contributed by atoms with Crippen molar-refractivity contribution in [1.29, 1.82) is 0 Å². The van der Waals surface area contributed by atoms with E-state index in [4.69, 9.17) is 0 Å². The van der Waals surface area contributed by atoms with E-state index in [1.165, 1.54) is 6.20 Å². The molecule has 1 saturated heterocycles. The lowest BCUT2D eigenvalue weighted by Crippen LogP contribution is -2.53. The van der Waals surface area contributed by atoms with Gasteiger partial charge in [0.1, 0.15) is 17.9 Å². The maximum absolute atomic E-state index is 13.4. The number of hydrogen-bond acceptors (Lipinski definition) is 5. The van der Waals surface area contributed by atoms with Crippen molar-refractivity contribution in [3.8, 4) is 0 Å². The number of carbonyl (C=O) groups excluding carboxylic acids is 4. The van der Waals surface area contributed by atoms with Gasteiger partial charge in [-0.1, -0.05) is 49.4 Å². The molecule has 0 radical (unpaired) electrons. The Hall–Kier alpha value is -4.68. The van der Waals surface area contributed by atoms with Crippen molar-refractivity contribution in [3.05, 3.63) is 71.4 Å². The molecule has 13 heteroatoms. The summed E-state index contributed by atoms with van der Waals surface area (Å²) in [7, 11) is 1.74. The number of aromatic nitrogens is 1. The molecule has 1 aliphatic rings. The van der Waals surface area contributed by atoms with Gasteiger partial charge in [0.25, 0.3) is 5.78 Å². The fourth-order valence-electron chi connectivity index (χ4n) is 5.38. The summed E-state index contributed by atoms with van der Waals surface area (Å²) >= 11 is 0. The Balaban J connectivity index is 1.41. The van der Waals surface area contributed by atoms with Crippen LogP contribution >= 0.6 is 0 Å². The van der Waals surface area contributed by atoms with Crippen molar-refractivity contribution in [2.24, 2.45) is 4.99 Å². The molecule has 0 aliphatic carbocycles. The fraction of sp³-hybridized carbons (Fsp3) is 0.406. The van der Waals surface area contributed by atoms with Crippen LogP contribution < -0.4 is 16.0 Å². The fourth-order valence-corrected chi connectivity index (χ4v) is 5.38. The highest BCUT2D eigenvalue weighted by molar-refractivity contribution is 5.99.